The van der Waals surface area contributed by atoms with Crippen LogP contribution in [-0.2, 0) is 17.8 Å². The Bertz CT molecular complexity index is 1020. The number of aromatic nitrogens is 1. The van der Waals surface area contributed by atoms with Crippen molar-refractivity contribution in [2.24, 2.45) is 5.10 Å². The zero-order valence-corrected chi connectivity index (χ0v) is 17.2. The molecule has 0 aliphatic heterocycles. The number of rotatable bonds is 8. The second-order valence-corrected chi connectivity index (χ2v) is 7.20. The molecular formula is C20H19ClN4O3S. The number of hydrogen-bond donors (Lipinski definition) is 2. The largest absolute Gasteiger partial charge is 0.493 e. The number of methoxy groups -OCH3 is 1. The first-order chi connectivity index (χ1) is 14.1. The number of nitrogens with one attached hydrogen (secondary N) is 1. The second kappa shape index (κ2) is 9.90. The molecule has 0 saturated carbocycles. The number of anilines is 1. The smallest absolute Gasteiger partial charge is 0.246 e. The third-order valence-electron chi connectivity index (χ3n) is 3.86. The Morgan fingerprint density at radius 3 is 2.86 bits per heavy atom. The maximum absolute atomic E-state index is 12.0. The molecule has 0 spiro atoms. The van der Waals surface area contributed by atoms with Crippen LogP contribution in [0.15, 0.2) is 52.9 Å². The molecule has 1 heterocycles. The number of hydrazone groups is 1. The van der Waals surface area contributed by atoms with Crippen LogP contribution >= 0.6 is 22.9 Å². The van der Waals surface area contributed by atoms with E-state index < -0.39 is 0 Å². The zero-order chi connectivity index (χ0) is 20.6. The van der Waals surface area contributed by atoms with E-state index in [1.54, 1.807) is 30.7 Å². The SMILES string of the molecule is COc1cccc(/C=N/NC(=O)Cc2csc(N)n2)c1OCc1ccccc1Cl. The number of thiazole rings is 1. The highest BCUT2D eigenvalue weighted by Gasteiger charge is 2.11. The van der Waals surface area contributed by atoms with Crippen LogP contribution in [0.2, 0.25) is 5.02 Å². The van der Waals surface area contributed by atoms with Gasteiger partial charge in [-0.3, -0.25) is 4.79 Å². The summed E-state index contributed by atoms with van der Waals surface area (Å²) in [7, 11) is 1.56. The third kappa shape index (κ3) is 5.69. The molecule has 0 atom stereocenters. The van der Waals surface area contributed by atoms with Crippen LogP contribution in [0.4, 0.5) is 5.13 Å². The molecule has 1 aromatic heterocycles. The third-order valence-corrected chi connectivity index (χ3v) is 4.95. The van der Waals surface area contributed by atoms with Crippen molar-refractivity contribution in [1.82, 2.24) is 10.4 Å². The summed E-state index contributed by atoms with van der Waals surface area (Å²) >= 11 is 7.48. The van der Waals surface area contributed by atoms with Gasteiger partial charge in [0, 0.05) is 21.5 Å². The Hall–Kier alpha value is -3.10. The standard InChI is InChI=1S/C20H19ClN4O3S/c1-27-17-8-4-6-13(19(17)28-11-14-5-2-3-7-16(14)21)10-23-25-18(26)9-15-12-29-20(22)24-15/h2-8,10,12H,9,11H2,1H3,(H2,22,24)(H,25,26)/b23-10+. The van der Waals surface area contributed by atoms with Gasteiger partial charge < -0.3 is 15.2 Å². The van der Waals surface area contributed by atoms with E-state index in [4.69, 9.17) is 26.8 Å². The van der Waals surface area contributed by atoms with Crippen LogP contribution in [0.3, 0.4) is 0 Å². The summed E-state index contributed by atoms with van der Waals surface area (Å²) in [6.45, 7) is 0.262. The minimum atomic E-state index is -0.298. The maximum Gasteiger partial charge on any atom is 0.246 e. The number of nitrogens with zero attached hydrogens (tertiary/aromatic N) is 2. The van der Waals surface area contributed by atoms with Crippen molar-refractivity contribution < 1.29 is 14.3 Å². The van der Waals surface area contributed by atoms with Crippen LogP contribution < -0.4 is 20.6 Å². The molecule has 0 saturated heterocycles. The fourth-order valence-corrected chi connectivity index (χ4v) is 3.25. The normalized spacial score (nSPS) is 10.8. The van der Waals surface area contributed by atoms with Gasteiger partial charge in [0.1, 0.15) is 6.61 Å². The number of ether oxygens (including phenoxy) is 2. The number of halogens is 1. The summed E-state index contributed by atoms with van der Waals surface area (Å²) in [6, 6.07) is 12.8. The Morgan fingerprint density at radius 1 is 1.31 bits per heavy atom. The first kappa shape index (κ1) is 20.6. The van der Waals surface area contributed by atoms with Gasteiger partial charge in [-0.15, -0.1) is 11.3 Å². The summed E-state index contributed by atoms with van der Waals surface area (Å²) in [5.41, 5.74) is 10.1. The molecule has 7 nitrogen and oxygen atoms in total. The zero-order valence-electron chi connectivity index (χ0n) is 15.6. The Balaban J connectivity index is 1.69. The van der Waals surface area contributed by atoms with E-state index >= 15 is 0 Å². The molecule has 0 radical (unpaired) electrons. The number of benzene rings is 2. The van der Waals surface area contributed by atoms with Gasteiger partial charge in [-0.05, 0) is 18.2 Å². The average molecular weight is 431 g/mol. The summed E-state index contributed by atoms with van der Waals surface area (Å²) < 4.78 is 11.3. The van der Waals surface area contributed by atoms with Crippen molar-refractivity contribution in [3.63, 3.8) is 0 Å². The summed E-state index contributed by atoms with van der Waals surface area (Å²) in [6.07, 6.45) is 1.59. The van der Waals surface area contributed by atoms with Crippen LogP contribution in [0.25, 0.3) is 0 Å². The van der Waals surface area contributed by atoms with E-state index in [9.17, 15) is 4.79 Å². The summed E-state index contributed by atoms with van der Waals surface area (Å²) in [5.74, 6) is 0.749. The number of hydrogen-bond acceptors (Lipinski definition) is 7. The monoisotopic (exact) mass is 430 g/mol. The fraction of sp³-hybridized carbons (Fsp3) is 0.150. The molecule has 0 bridgehead atoms. The predicted octanol–water partition coefficient (Wildman–Crippen LogP) is 3.66. The van der Waals surface area contributed by atoms with Gasteiger partial charge in [-0.2, -0.15) is 5.10 Å². The van der Waals surface area contributed by atoms with Crippen LogP contribution in [0, 0.1) is 0 Å². The maximum atomic E-state index is 12.0. The van der Waals surface area contributed by atoms with Gasteiger partial charge in [0.2, 0.25) is 5.91 Å². The van der Waals surface area contributed by atoms with Crippen LogP contribution in [0.5, 0.6) is 11.5 Å². The van der Waals surface area contributed by atoms with E-state index in [0.29, 0.717) is 32.9 Å². The number of carbonyl (C=O) groups is 1. The summed E-state index contributed by atoms with van der Waals surface area (Å²) in [5, 5.41) is 6.79. The Kier molecular flexibility index (Phi) is 7.04. The van der Waals surface area contributed by atoms with Crippen molar-refractivity contribution >= 4 is 40.2 Å². The molecule has 3 aromatic rings. The highest BCUT2D eigenvalue weighted by atomic mass is 35.5. The molecule has 0 aliphatic rings. The number of carbonyl (C=O) groups excluding carboxylic acids is 1. The summed E-state index contributed by atoms with van der Waals surface area (Å²) in [4.78, 5) is 16.0. The first-order valence-corrected chi connectivity index (χ1v) is 9.87. The molecule has 3 rings (SSSR count). The van der Waals surface area contributed by atoms with Crippen LogP contribution in [0.1, 0.15) is 16.8 Å². The lowest BCUT2D eigenvalue weighted by Crippen LogP contribution is -2.20. The van der Waals surface area contributed by atoms with Gasteiger partial charge in [0.25, 0.3) is 0 Å². The van der Waals surface area contributed by atoms with E-state index in [1.807, 2.05) is 24.3 Å². The number of nitrogen functional groups attached to an aromatic ring is 1. The molecule has 0 aliphatic carbocycles. The lowest BCUT2D eigenvalue weighted by Gasteiger charge is -2.13. The number of amides is 1. The van der Waals surface area contributed by atoms with Gasteiger partial charge in [-0.1, -0.05) is 35.9 Å². The quantitative estimate of drug-likeness (QED) is 0.419. The molecule has 150 valence electrons. The fourth-order valence-electron chi connectivity index (χ4n) is 2.50. The molecule has 0 unspecified atom stereocenters. The van der Waals surface area contributed by atoms with Crippen molar-refractivity contribution in [1.29, 1.82) is 0 Å². The second-order valence-electron chi connectivity index (χ2n) is 5.91. The van der Waals surface area contributed by atoms with Crippen molar-refractivity contribution in [2.75, 3.05) is 12.8 Å². The molecule has 29 heavy (non-hydrogen) atoms. The predicted molar refractivity (Wildman–Crippen MR) is 115 cm³/mol. The molecule has 9 heteroatoms. The van der Waals surface area contributed by atoms with Crippen molar-refractivity contribution in [2.45, 2.75) is 13.0 Å². The van der Waals surface area contributed by atoms with E-state index in [1.165, 1.54) is 17.6 Å². The first-order valence-electron chi connectivity index (χ1n) is 8.62. The van der Waals surface area contributed by atoms with Gasteiger partial charge >= 0.3 is 0 Å². The Morgan fingerprint density at radius 2 is 2.14 bits per heavy atom. The molecular weight excluding hydrogens is 412 g/mol. The molecule has 2 aromatic carbocycles. The molecule has 1 amide bonds. The number of nitrogens with two attached hydrogens (primary N) is 1. The Labute approximate surface area is 177 Å². The van der Waals surface area contributed by atoms with Gasteiger partial charge in [0.15, 0.2) is 16.6 Å². The minimum Gasteiger partial charge on any atom is -0.493 e. The highest BCUT2D eigenvalue weighted by molar-refractivity contribution is 7.13. The van der Waals surface area contributed by atoms with E-state index in [-0.39, 0.29) is 18.9 Å². The van der Waals surface area contributed by atoms with Gasteiger partial charge in [-0.25, -0.2) is 10.4 Å². The van der Waals surface area contributed by atoms with Crippen LogP contribution in [-0.4, -0.2) is 24.2 Å². The highest BCUT2D eigenvalue weighted by Crippen LogP contribution is 2.31. The number of para-hydroxylation sites is 1. The van der Waals surface area contributed by atoms with Crippen molar-refractivity contribution in [3.8, 4) is 11.5 Å². The topological polar surface area (TPSA) is 98.8 Å². The van der Waals surface area contributed by atoms with E-state index in [2.05, 4.69) is 15.5 Å². The lowest BCUT2D eigenvalue weighted by atomic mass is 10.2. The lowest BCUT2D eigenvalue weighted by molar-refractivity contribution is -0.120. The molecule has 3 N–H and O–H groups in total. The van der Waals surface area contributed by atoms with Gasteiger partial charge in [0.05, 0.1) is 25.4 Å². The average Bonchev–Trinajstić information content (AvgIpc) is 3.12. The van der Waals surface area contributed by atoms with Crippen molar-refractivity contribution in [3.05, 3.63) is 69.7 Å². The minimum absolute atomic E-state index is 0.0962. The molecule has 0 fully saturated rings. The van der Waals surface area contributed by atoms with E-state index in [0.717, 1.165) is 5.56 Å².